The van der Waals surface area contributed by atoms with Crippen molar-refractivity contribution in [3.8, 4) is 11.5 Å². The average molecular weight is 222 g/mol. The van der Waals surface area contributed by atoms with Gasteiger partial charge in [-0.2, -0.15) is 0 Å². The standard InChI is InChI=1S/C10H10O2.C2H4O2/c1-2-3-8-4-5-9-10(6-8)12-7-11-9;1-2(3)4/h2-6H,7H2,1H3;1H3,(H,3,4). The van der Waals surface area contributed by atoms with Crippen LogP contribution in [0.25, 0.3) is 6.08 Å². The van der Waals surface area contributed by atoms with Gasteiger partial charge in [-0.1, -0.05) is 18.2 Å². The van der Waals surface area contributed by atoms with Crippen LogP contribution in [0.2, 0.25) is 0 Å². The molecule has 0 radical (unpaired) electrons. The highest BCUT2D eigenvalue weighted by Gasteiger charge is 2.11. The van der Waals surface area contributed by atoms with Gasteiger partial charge in [-0.3, -0.25) is 4.79 Å². The second-order valence-electron chi connectivity index (χ2n) is 3.13. The zero-order valence-corrected chi connectivity index (χ0v) is 9.27. The molecular weight excluding hydrogens is 208 g/mol. The first-order valence-electron chi connectivity index (χ1n) is 4.85. The third kappa shape index (κ3) is 3.65. The number of carboxylic acids is 1. The maximum Gasteiger partial charge on any atom is 0.300 e. The van der Waals surface area contributed by atoms with Crippen LogP contribution in [0.1, 0.15) is 19.4 Å². The van der Waals surface area contributed by atoms with Gasteiger partial charge in [0, 0.05) is 6.92 Å². The molecule has 1 aromatic carbocycles. The van der Waals surface area contributed by atoms with Crippen LogP contribution in [-0.2, 0) is 4.79 Å². The van der Waals surface area contributed by atoms with Crippen LogP contribution < -0.4 is 9.47 Å². The lowest BCUT2D eigenvalue weighted by Gasteiger charge is -1.96. The van der Waals surface area contributed by atoms with E-state index in [1.807, 2.05) is 37.3 Å². The summed E-state index contributed by atoms with van der Waals surface area (Å²) in [6.45, 7) is 3.42. The van der Waals surface area contributed by atoms with Gasteiger partial charge in [0.05, 0.1) is 0 Å². The first-order chi connectivity index (χ1) is 7.63. The van der Waals surface area contributed by atoms with Crippen LogP contribution in [0, 0.1) is 0 Å². The molecule has 0 fully saturated rings. The number of hydrogen-bond donors (Lipinski definition) is 1. The first kappa shape index (κ1) is 12.1. The van der Waals surface area contributed by atoms with E-state index >= 15 is 0 Å². The van der Waals surface area contributed by atoms with Gasteiger partial charge in [0.15, 0.2) is 11.5 Å². The molecule has 4 heteroatoms. The molecule has 16 heavy (non-hydrogen) atoms. The van der Waals surface area contributed by atoms with Gasteiger partial charge in [0.25, 0.3) is 5.97 Å². The van der Waals surface area contributed by atoms with E-state index in [2.05, 4.69) is 0 Å². The number of benzene rings is 1. The van der Waals surface area contributed by atoms with Crippen molar-refractivity contribution >= 4 is 12.0 Å². The smallest absolute Gasteiger partial charge is 0.300 e. The summed E-state index contributed by atoms with van der Waals surface area (Å²) >= 11 is 0. The van der Waals surface area contributed by atoms with Crippen LogP contribution in [-0.4, -0.2) is 17.9 Å². The molecule has 0 saturated heterocycles. The lowest BCUT2D eigenvalue weighted by atomic mass is 10.2. The van der Waals surface area contributed by atoms with Crippen molar-refractivity contribution in [1.82, 2.24) is 0 Å². The number of fused-ring (bicyclic) bond motifs is 1. The van der Waals surface area contributed by atoms with Gasteiger partial charge in [-0.25, -0.2) is 0 Å². The summed E-state index contributed by atoms with van der Waals surface area (Å²) in [6, 6.07) is 5.91. The van der Waals surface area contributed by atoms with Crippen molar-refractivity contribution in [3.63, 3.8) is 0 Å². The SMILES string of the molecule is CC(=O)O.CC=Cc1ccc2c(c1)OCO2. The highest BCUT2D eigenvalue weighted by molar-refractivity contribution is 5.63. The van der Waals surface area contributed by atoms with Crippen molar-refractivity contribution in [2.75, 3.05) is 6.79 Å². The van der Waals surface area contributed by atoms with E-state index in [0.29, 0.717) is 6.79 Å². The molecular formula is C12H14O4. The zero-order chi connectivity index (χ0) is 12.0. The number of carbonyl (C=O) groups is 1. The molecule has 1 aliphatic heterocycles. The molecule has 0 aromatic heterocycles. The predicted octanol–water partition coefficient (Wildman–Crippen LogP) is 2.54. The predicted molar refractivity (Wildman–Crippen MR) is 60.6 cm³/mol. The average Bonchev–Trinajstić information content (AvgIpc) is 2.64. The third-order valence-corrected chi connectivity index (χ3v) is 1.76. The Morgan fingerprint density at radius 1 is 1.38 bits per heavy atom. The summed E-state index contributed by atoms with van der Waals surface area (Å²) in [5, 5.41) is 7.42. The van der Waals surface area contributed by atoms with E-state index in [0.717, 1.165) is 24.0 Å². The first-order valence-corrected chi connectivity index (χ1v) is 4.85. The van der Waals surface area contributed by atoms with Crippen molar-refractivity contribution in [3.05, 3.63) is 29.8 Å². The zero-order valence-electron chi connectivity index (χ0n) is 9.27. The van der Waals surface area contributed by atoms with Crippen LogP contribution in [0.5, 0.6) is 11.5 Å². The molecule has 0 atom stereocenters. The van der Waals surface area contributed by atoms with E-state index in [1.165, 1.54) is 0 Å². The van der Waals surface area contributed by atoms with Crippen molar-refractivity contribution < 1.29 is 19.4 Å². The highest BCUT2D eigenvalue weighted by atomic mass is 16.7. The van der Waals surface area contributed by atoms with E-state index in [4.69, 9.17) is 19.4 Å². The second-order valence-corrected chi connectivity index (χ2v) is 3.13. The molecule has 2 rings (SSSR count). The van der Waals surface area contributed by atoms with Gasteiger partial charge < -0.3 is 14.6 Å². The normalized spacial score (nSPS) is 12.1. The lowest BCUT2D eigenvalue weighted by molar-refractivity contribution is -0.134. The Kier molecular flexibility index (Phi) is 4.39. The summed E-state index contributed by atoms with van der Waals surface area (Å²) < 4.78 is 10.4. The van der Waals surface area contributed by atoms with Crippen molar-refractivity contribution in [2.45, 2.75) is 13.8 Å². The largest absolute Gasteiger partial charge is 0.481 e. The molecule has 86 valence electrons. The molecule has 1 heterocycles. The Morgan fingerprint density at radius 2 is 2.00 bits per heavy atom. The topological polar surface area (TPSA) is 55.8 Å². The molecule has 0 aliphatic carbocycles. The molecule has 1 aliphatic rings. The quantitative estimate of drug-likeness (QED) is 0.793. The Bertz CT molecular complexity index is 392. The number of allylic oxidation sites excluding steroid dienone is 1. The summed E-state index contributed by atoms with van der Waals surface area (Å²) in [5.74, 6) is 0.842. The molecule has 0 bridgehead atoms. The summed E-state index contributed by atoms with van der Waals surface area (Å²) in [6.07, 6.45) is 4.03. The number of hydrogen-bond acceptors (Lipinski definition) is 3. The number of carboxylic acid groups (broad SMARTS) is 1. The van der Waals surface area contributed by atoms with Gasteiger partial charge in [0.1, 0.15) is 0 Å². The van der Waals surface area contributed by atoms with E-state index < -0.39 is 5.97 Å². The lowest BCUT2D eigenvalue weighted by Crippen LogP contribution is -1.92. The molecule has 0 amide bonds. The van der Waals surface area contributed by atoms with Crippen LogP contribution in [0.3, 0.4) is 0 Å². The minimum atomic E-state index is -0.833. The summed E-state index contributed by atoms with van der Waals surface area (Å²) in [5.41, 5.74) is 1.14. The maximum atomic E-state index is 9.00. The maximum absolute atomic E-state index is 9.00. The van der Waals surface area contributed by atoms with E-state index in [1.54, 1.807) is 0 Å². The number of aliphatic carboxylic acids is 1. The summed E-state index contributed by atoms with van der Waals surface area (Å²) in [7, 11) is 0. The van der Waals surface area contributed by atoms with E-state index in [-0.39, 0.29) is 0 Å². The number of ether oxygens (including phenoxy) is 2. The van der Waals surface area contributed by atoms with Crippen molar-refractivity contribution in [1.29, 1.82) is 0 Å². The minimum absolute atomic E-state index is 0.342. The fraction of sp³-hybridized carbons (Fsp3) is 0.250. The molecule has 1 N–H and O–H groups in total. The molecule has 0 unspecified atom stereocenters. The molecule has 4 nitrogen and oxygen atoms in total. The fourth-order valence-corrected chi connectivity index (χ4v) is 1.21. The van der Waals surface area contributed by atoms with Crippen LogP contribution >= 0.6 is 0 Å². The minimum Gasteiger partial charge on any atom is -0.481 e. The molecule has 0 spiro atoms. The Labute approximate surface area is 94.1 Å². The molecule has 0 saturated carbocycles. The second kappa shape index (κ2) is 5.80. The highest BCUT2D eigenvalue weighted by Crippen LogP contribution is 2.32. The number of rotatable bonds is 1. The summed E-state index contributed by atoms with van der Waals surface area (Å²) in [4.78, 5) is 9.00. The fourth-order valence-electron chi connectivity index (χ4n) is 1.21. The Balaban J connectivity index is 0.000000280. The third-order valence-electron chi connectivity index (χ3n) is 1.76. The van der Waals surface area contributed by atoms with Gasteiger partial charge in [-0.15, -0.1) is 0 Å². The van der Waals surface area contributed by atoms with Crippen LogP contribution in [0.4, 0.5) is 0 Å². The van der Waals surface area contributed by atoms with Crippen LogP contribution in [0.15, 0.2) is 24.3 Å². The van der Waals surface area contributed by atoms with Gasteiger partial charge in [-0.05, 0) is 24.6 Å². The van der Waals surface area contributed by atoms with Crippen molar-refractivity contribution in [2.24, 2.45) is 0 Å². The molecule has 1 aromatic rings. The monoisotopic (exact) mass is 222 g/mol. The van der Waals surface area contributed by atoms with E-state index in [9.17, 15) is 0 Å². The van der Waals surface area contributed by atoms with Gasteiger partial charge in [0.2, 0.25) is 6.79 Å². The Hall–Kier alpha value is -1.97. The Morgan fingerprint density at radius 3 is 2.62 bits per heavy atom. The van der Waals surface area contributed by atoms with Gasteiger partial charge >= 0.3 is 0 Å².